The minimum Gasteiger partial charge on any atom is -0.346 e. The monoisotopic (exact) mass is 307 g/mol. The first-order chi connectivity index (χ1) is 9.93. The lowest BCUT2D eigenvalue weighted by molar-refractivity contribution is -0.121. The third-order valence-corrected chi connectivity index (χ3v) is 3.55. The van der Waals surface area contributed by atoms with Gasteiger partial charge in [-0.25, -0.2) is 4.98 Å². The molecular formula is C15H18ClN3O2. The molecule has 5 nitrogen and oxygen atoms in total. The van der Waals surface area contributed by atoms with E-state index in [0.717, 1.165) is 6.42 Å². The summed E-state index contributed by atoms with van der Waals surface area (Å²) in [6.07, 6.45) is 1.23. The van der Waals surface area contributed by atoms with Crippen molar-refractivity contribution < 1.29 is 4.79 Å². The summed E-state index contributed by atoms with van der Waals surface area (Å²) < 4.78 is 1.47. The van der Waals surface area contributed by atoms with Crippen LogP contribution in [0.25, 0.3) is 10.9 Å². The van der Waals surface area contributed by atoms with Crippen molar-refractivity contribution >= 4 is 28.4 Å². The normalized spacial score (nSPS) is 12.4. The van der Waals surface area contributed by atoms with Gasteiger partial charge in [-0.2, -0.15) is 0 Å². The molecule has 112 valence electrons. The van der Waals surface area contributed by atoms with Gasteiger partial charge in [0, 0.05) is 18.5 Å². The molecule has 2 rings (SSSR count). The molecule has 0 saturated heterocycles. The van der Waals surface area contributed by atoms with Gasteiger partial charge in [0.1, 0.15) is 5.82 Å². The number of halogens is 1. The second-order valence-corrected chi connectivity index (χ2v) is 5.47. The molecule has 0 aliphatic rings. The number of nitrogens with zero attached hydrogens (tertiary/aromatic N) is 2. The summed E-state index contributed by atoms with van der Waals surface area (Å²) in [6.45, 7) is 3.75. The predicted molar refractivity (Wildman–Crippen MR) is 83.5 cm³/mol. The van der Waals surface area contributed by atoms with Crippen LogP contribution in [0, 0.1) is 0 Å². The van der Waals surface area contributed by atoms with Crippen LogP contribution in [0.1, 0.15) is 38.6 Å². The van der Waals surface area contributed by atoms with E-state index in [1.165, 1.54) is 4.57 Å². The largest absolute Gasteiger partial charge is 0.346 e. The van der Waals surface area contributed by atoms with E-state index in [1.54, 1.807) is 25.2 Å². The summed E-state index contributed by atoms with van der Waals surface area (Å²) in [6, 6.07) is 4.64. The molecule has 1 heterocycles. The Kier molecular flexibility index (Phi) is 4.63. The molecule has 2 aromatic rings. The first-order valence-electron chi connectivity index (χ1n) is 6.89. The Morgan fingerprint density at radius 1 is 1.48 bits per heavy atom. The molecule has 21 heavy (non-hydrogen) atoms. The number of carbonyl (C=O) groups excluding carboxylic acids is 1. The maximum Gasteiger partial charge on any atom is 0.261 e. The summed E-state index contributed by atoms with van der Waals surface area (Å²) in [7, 11) is 1.65. The third kappa shape index (κ3) is 3.24. The van der Waals surface area contributed by atoms with E-state index in [-0.39, 0.29) is 17.5 Å². The average Bonchev–Trinajstić information content (AvgIpc) is 2.42. The van der Waals surface area contributed by atoms with Crippen LogP contribution in [0.4, 0.5) is 0 Å². The van der Waals surface area contributed by atoms with E-state index in [4.69, 9.17) is 11.6 Å². The topological polar surface area (TPSA) is 64.0 Å². The SMILES string of the molecule is CCCC(=O)N[C@H](C)c1nc2cc(Cl)ccc2c(=O)n1C. The van der Waals surface area contributed by atoms with Crippen molar-refractivity contribution in [1.29, 1.82) is 0 Å². The highest BCUT2D eigenvalue weighted by molar-refractivity contribution is 6.31. The fourth-order valence-electron chi connectivity index (χ4n) is 2.25. The summed E-state index contributed by atoms with van der Waals surface area (Å²) in [5, 5.41) is 3.89. The number of benzene rings is 1. The van der Waals surface area contributed by atoms with Gasteiger partial charge in [-0.15, -0.1) is 0 Å². The molecule has 0 radical (unpaired) electrons. The number of carbonyl (C=O) groups is 1. The molecule has 1 amide bonds. The van der Waals surface area contributed by atoms with Gasteiger partial charge < -0.3 is 5.32 Å². The Morgan fingerprint density at radius 2 is 2.19 bits per heavy atom. The molecule has 1 aromatic carbocycles. The van der Waals surface area contributed by atoms with Crippen LogP contribution in [0.2, 0.25) is 5.02 Å². The minimum absolute atomic E-state index is 0.0505. The summed E-state index contributed by atoms with van der Waals surface area (Å²) in [5.41, 5.74) is 0.389. The first-order valence-corrected chi connectivity index (χ1v) is 7.27. The number of amides is 1. The Morgan fingerprint density at radius 3 is 2.86 bits per heavy atom. The Labute approximate surface area is 127 Å². The fraction of sp³-hybridized carbons (Fsp3) is 0.400. The van der Waals surface area contributed by atoms with Crippen molar-refractivity contribution in [3.05, 3.63) is 39.4 Å². The molecule has 0 fully saturated rings. The molecule has 0 spiro atoms. The van der Waals surface area contributed by atoms with Gasteiger partial charge in [0.15, 0.2) is 0 Å². The van der Waals surface area contributed by atoms with E-state index in [2.05, 4.69) is 10.3 Å². The third-order valence-electron chi connectivity index (χ3n) is 3.32. The average molecular weight is 308 g/mol. The lowest BCUT2D eigenvalue weighted by Crippen LogP contribution is -2.32. The standard InChI is InChI=1S/C15H18ClN3O2/c1-4-5-13(20)17-9(2)14-18-12-8-10(16)6-7-11(12)15(21)19(14)3/h6-9H,4-5H2,1-3H3,(H,17,20)/t9-/m1/s1. The highest BCUT2D eigenvalue weighted by atomic mass is 35.5. The molecule has 0 unspecified atom stereocenters. The van der Waals surface area contributed by atoms with Crippen molar-refractivity contribution in [2.24, 2.45) is 7.05 Å². The lowest BCUT2D eigenvalue weighted by atomic mass is 10.2. The highest BCUT2D eigenvalue weighted by Crippen LogP contribution is 2.17. The second-order valence-electron chi connectivity index (χ2n) is 5.03. The van der Waals surface area contributed by atoms with Crippen molar-refractivity contribution in [1.82, 2.24) is 14.9 Å². The second kappa shape index (κ2) is 6.26. The number of aromatic nitrogens is 2. The Balaban J connectivity index is 2.46. The van der Waals surface area contributed by atoms with Gasteiger partial charge in [-0.05, 0) is 31.5 Å². The van der Waals surface area contributed by atoms with Gasteiger partial charge in [0.25, 0.3) is 5.56 Å². The van der Waals surface area contributed by atoms with Crippen LogP contribution in [-0.4, -0.2) is 15.5 Å². The van der Waals surface area contributed by atoms with E-state index in [0.29, 0.717) is 28.2 Å². The highest BCUT2D eigenvalue weighted by Gasteiger charge is 2.16. The van der Waals surface area contributed by atoms with Crippen molar-refractivity contribution in [2.45, 2.75) is 32.7 Å². The molecule has 0 saturated carbocycles. The molecule has 6 heteroatoms. The molecule has 0 aliphatic heterocycles. The van der Waals surface area contributed by atoms with Crippen molar-refractivity contribution in [2.75, 3.05) is 0 Å². The lowest BCUT2D eigenvalue weighted by Gasteiger charge is -2.17. The van der Waals surface area contributed by atoms with E-state index in [9.17, 15) is 9.59 Å². The quantitative estimate of drug-likeness (QED) is 0.944. The van der Waals surface area contributed by atoms with E-state index in [1.807, 2.05) is 13.8 Å². The molecule has 1 atom stereocenters. The van der Waals surface area contributed by atoms with E-state index < -0.39 is 0 Å². The Hall–Kier alpha value is -1.88. The van der Waals surface area contributed by atoms with Crippen LogP contribution < -0.4 is 10.9 Å². The molecular weight excluding hydrogens is 290 g/mol. The van der Waals surface area contributed by atoms with Crippen LogP contribution in [-0.2, 0) is 11.8 Å². The number of fused-ring (bicyclic) bond motifs is 1. The zero-order chi connectivity index (χ0) is 15.6. The van der Waals surface area contributed by atoms with Gasteiger partial charge in [-0.1, -0.05) is 18.5 Å². The zero-order valence-electron chi connectivity index (χ0n) is 12.3. The minimum atomic E-state index is -0.342. The van der Waals surface area contributed by atoms with Crippen LogP contribution in [0.5, 0.6) is 0 Å². The number of rotatable bonds is 4. The maximum absolute atomic E-state index is 12.3. The number of nitrogens with one attached hydrogen (secondary N) is 1. The molecule has 1 aromatic heterocycles. The van der Waals surface area contributed by atoms with Crippen LogP contribution >= 0.6 is 11.6 Å². The number of hydrogen-bond acceptors (Lipinski definition) is 3. The number of hydrogen-bond donors (Lipinski definition) is 1. The molecule has 1 N–H and O–H groups in total. The fourth-order valence-corrected chi connectivity index (χ4v) is 2.42. The van der Waals surface area contributed by atoms with Crippen LogP contribution in [0.3, 0.4) is 0 Å². The van der Waals surface area contributed by atoms with Gasteiger partial charge in [0.2, 0.25) is 5.91 Å². The van der Waals surface area contributed by atoms with Gasteiger partial charge in [-0.3, -0.25) is 14.2 Å². The molecule has 0 bridgehead atoms. The maximum atomic E-state index is 12.3. The first kappa shape index (κ1) is 15.5. The van der Waals surface area contributed by atoms with Crippen LogP contribution in [0.15, 0.2) is 23.0 Å². The van der Waals surface area contributed by atoms with E-state index >= 15 is 0 Å². The van der Waals surface area contributed by atoms with Crippen molar-refractivity contribution in [3.63, 3.8) is 0 Å². The summed E-state index contributed by atoms with van der Waals surface area (Å²) in [5.74, 6) is 0.463. The van der Waals surface area contributed by atoms with Gasteiger partial charge in [0.05, 0.1) is 16.9 Å². The summed E-state index contributed by atoms with van der Waals surface area (Å²) in [4.78, 5) is 28.5. The van der Waals surface area contributed by atoms with Gasteiger partial charge >= 0.3 is 0 Å². The smallest absolute Gasteiger partial charge is 0.261 e. The Bertz CT molecular complexity index is 740. The van der Waals surface area contributed by atoms with Crippen molar-refractivity contribution in [3.8, 4) is 0 Å². The zero-order valence-corrected chi connectivity index (χ0v) is 13.1. The molecule has 0 aliphatic carbocycles. The predicted octanol–water partition coefficient (Wildman–Crippen LogP) is 2.56. The summed E-state index contributed by atoms with van der Waals surface area (Å²) >= 11 is 5.95.